The Bertz CT molecular complexity index is 1110. The maximum absolute atomic E-state index is 14.7. The number of benzene rings is 3. The molecule has 0 radical (unpaired) electrons. The number of hydrogen-bond donors (Lipinski definition) is 1. The van der Waals surface area contributed by atoms with Crippen molar-refractivity contribution in [3.8, 4) is 0 Å². The lowest BCUT2D eigenvalue weighted by atomic mass is 10.0. The molecule has 1 aliphatic rings. The van der Waals surface area contributed by atoms with Gasteiger partial charge in [0.05, 0.1) is 12.1 Å². The van der Waals surface area contributed by atoms with Crippen molar-refractivity contribution < 1.29 is 18.4 Å². The van der Waals surface area contributed by atoms with Crippen LogP contribution in [0.25, 0.3) is 0 Å². The Balaban J connectivity index is 1.79. The zero-order valence-corrected chi connectivity index (χ0v) is 16.8. The zero-order chi connectivity index (χ0) is 22.0. The zero-order valence-electron chi connectivity index (χ0n) is 16.8. The second-order valence-corrected chi connectivity index (χ2v) is 7.75. The number of amides is 2. The van der Waals surface area contributed by atoms with Crippen molar-refractivity contribution in [1.82, 2.24) is 4.90 Å². The lowest BCUT2D eigenvalue weighted by molar-refractivity contribution is -0.122. The van der Waals surface area contributed by atoms with E-state index in [2.05, 4.69) is 0 Å². The van der Waals surface area contributed by atoms with Crippen LogP contribution in [0.5, 0.6) is 0 Å². The second-order valence-electron chi connectivity index (χ2n) is 7.75. The van der Waals surface area contributed by atoms with Crippen molar-refractivity contribution in [3.63, 3.8) is 0 Å². The third-order valence-corrected chi connectivity index (χ3v) is 5.52. The van der Waals surface area contributed by atoms with E-state index in [1.165, 1.54) is 30.3 Å². The van der Waals surface area contributed by atoms with Gasteiger partial charge in [0.25, 0.3) is 5.91 Å². The number of carbonyl (C=O) groups excluding carboxylic acids is 2. The van der Waals surface area contributed by atoms with Crippen molar-refractivity contribution in [1.29, 1.82) is 0 Å². The van der Waals surface area contributed by atoms with E-state index in [1.807, 2.05) is 0 Å². The average Bonchev–Trinajstić information content (AvgIpc) is 3.60. The van der Waals surface area contributed by atoms with E-state index in [0.717, 1.165) is 23.3 Å². The SMILES string of the molecule is NC(=O)[C@@H](c1ccccc1)N(Cc1cc(C2CC2)ccc1F)C(=O)c1ccccc1F. The van der Waals surface area contributed by atoms with E-state index in [-0.39, 0.29) is 17.7 Å². The molecule has 2 amide bonds. The Morgan fingerprint density at radius 3 is 2.26 bits per heavy atom. The normalized spacial score (nSPS) is 14.1. The predicted octanol–water partition coefficient (Wildman–Crippen LogP) is 4.71. The molecule has 0 aliphatic heterocycles. The highest BCUT2D eigenvalue weighted by atomic mass is 19.1. The van der Waals surface area contributed by atoms with Crippen LogP contribution < -0.4 is 5.73 Å². The molecule has 0 heterocycles. The van der Waals surface area contributed by atoms with E-state index < -0.39 is 29.5 Å². The van der Waals surface area contributed by atoms with E-state index >= 15 is 0 Å². The molecular weight excluding hydrogens is 398 g/mol. The van der Waals surface area contributed by atoms with Crippen LogP contribution in [0.15, 0.2) is 72.8 Å². The van der Waals surface area contributed by atoms with Gasteiger partial charge in [0, 0.05) is 5.56 Å². The van der Waals surface area contributed by atoms with Gasteiger partial charge in [-0.2, -0.15) is 0 Å². The largest absolute Gasteiger partial charge is 0.368 e. The summed E-state index contributed by atoms with van der Waals surface area (Å²) in [5, 5.41) is 0. The van der Waals surface area contributed by atoms with Crippen LogP contribution in [-0.2, 0) is 11.3 Å². The van der Waals surface area contributed by atoms with Gasteiger partial charge in [-0.15, -0.1) is 0 Å². The molecule has 1 saturated carbocycles. The van der Waals surface area contributed by atoms with Crippen LogP contribution in [0.4, 0.5) is 8.78 Å². The van der Waals surface area contributed by atoms with Gasteiger partial charge < -0.3 is 10.6 Å². The van der Waals surface area contributed by atoms with Crippen molar-refractivity contribution >= 4 is 11.8 Å². The number of halogens is 2. The van der Waals surface area contributed by atoms with Crippen molar-refractivity contribution in [2.45, 2.75) is 31.3 Å². The molecule has 4 nitrogen and oxygen atoms in total. The van der Waals surface area contributed by atoms with Gasteiger partial charge in [0.2, 0.25) is 5.91 Å². The lowest BCUT2D eigenvalue weighted by Crippen LogP contribution is -2.41. The number of nitrogens with two attached hydrogens (primary N) is 1. The fourth-order valence-electron chi connectivity index (χ4n) is 3.77. The van der Waals surface area contributed by atoms with E-state index in [9.17, 15) is 18.4 Å². The van der Waals surface area contributed by atoms with Gasteiger partial charge >= 0.3 is 0 Å². The van der Waals surface area contributed by atoms with Crippen LogP contribution in [0.2, 0.25) is 0 Å². The third-order valence-electron chi connectivity index (χ3n) is 5.52. The van der Waals surface area contributed by atoms with Crippen LogP contribution in [-0.4, -0.2) is 16.7 Å². The molecule has 0 spiro atoms. The van der Waals surface area contributed by atoms with E-state index in [1.54, 1.807) is 42.5 Å². The summed E-state index contributed by atoms with van der Waals surface area (Å²) < 4.78 is 29.1. The Kier molecular flexibility index (Phi) is 5.80. The Morgan fingerprint density at radius 1 is 0.935 bits per heavy atom. The third kappa shape index (κ3) is 4.48. The Hall–Kier alpha value is -3.54. The maximum Gasteiger partial charge on any atom is 0.258 e. The smallest absolute Gasteiger partial charge is 0.258 e. The summed E-state index contributed by atoms with van der Waals surface area (Å²) in [5.74, 6) is -2.35. The van der Waals surface area contributed by atoms with Gasteiger partial charge in [0.15, 0.2) is 0 Å². The quantitative estimate of drug-likeness (QED) is 0.602. The molecule has 0 bridgehead atoms. The first-order valence-electron chi connectivity index (χ1n) is 10.1. The number of rotatable bonds is 7. The molecule has 0 unspecified atom stereocenters. The first kappa shape index (κ1) is 20.7. The highest BCUT2D eigenvalue weighted by Gasteiger charge is 2.33. The number of hydrogen-bond acceptors (Lipinski definition) is 2. The summed E-state index contributed by atoms with van der Waals surface area (Å²) in [6.45, 7) is -0.220. The second kappa shape index (κ2) is 8.68. The summed E-state index contributed by atoms with van der Waals surface area (Å²) in [6, 6.07) is 17.7. The summed E-state index contributed by atoms with van der Waals surface area (Å²) in [4.78, 5) is 27.0. The summed E-state index contributed by atoms with van der Waals surface area (Å²) in [6.07, 6.45) is 2.08. The molecule has 4 rings (SSSR count). The molecule has 0 aromatic heterocycles. The predicted molar refractivity (Wildman–Crippen MR) is 113 cm³/mol. The molecule has 3 aromatic rings. The standard InChI is InChI=1S/C25H22F2N2O2/c26-21-13-12-18(16-10-11-16)14-19(21)15-29(25(31)20-8-4-5-9-22(20)27)23(24(28)30)17-6-2-1-3-7-17/h1-9,12-14,16,23H,10-11,15H2,(H2,28,30)/t23-/m1/s1. The monoisotopic (exact) mass is 420 g/mol. The van der Waals surface area contributed by atoms with Gasteiger partial charge in [-0.05, 0) is 48.1 Å². The Labute approximate surface area is 179 Å². The van der Waals surface area contributed by atoms with Gasteiger partial charge in [-0.25, -0.2) is 8.78 Å². The molecule has 2 N–H and O–H groups in total. The fourth-order valence-corrected chi connectivity index (χ4v) is 3.77. The minimum Gasteiger partial charge on any atom is -0.368 e. The summed E-state index contributed by atoms with van der Waals surface area (Å²) in [5.41, 5.74) is 7.20. The van der Waals surface area contributed by atoms with E-state index in [4.69, 9.17) is 5.73 Å². The van der Waals surface area contributed by atoms with E-state index in [0.29, 0.717) is 11.5 Å². The molecule has 6 heteroatoms. The molecule has 158 valence electrons. The van der Waals surface area contributed by atoms with Crippen LogP contribution >= 0.6 is 0 Å². The lowest BCUT2D eigenvalue weighted by Gasteiger charge is -2.30. The number of nitrogens with zero attached hydrogens (tertiary/aromatic N) is 1. The summed E-state index contributed by atoms with van der Waals surface area (Å²) in [7, 11) is 0. The molecule has 3 aromatic carbocycles. The fraction of sp³-hybridized carbons (Fsp3) is 0.200. The van der Waals surface area contributed by atoms with Gasteiger partial charge in [-0.3, -0.25) is 9.59 Å². The van der Waals surface area contributed by atoms with Gasteiger partial charge in [-0.1, -0.05) is 54.6 Å². The molecule has 1 fully saturated rings. The van der Waals surface area contributed by atoms with Crippen molar-refractivity contribution in [3.05, 3.63) is 107 Å². The van der Waals surface area contributed by atoms with Crippen LogP contribution in [0.1, 0.15) is 51.8 Å². The summed E-state index contributed by atoms with van der Waals surface area (Å²) >= 11 is 0. The molecule has 0 saturated heterocycles. The molecule has 31 heavy (non-hydrogen) atoms. The number of primary amides is 1. The van der Waals surface area contributed by atoms with Crippen LogP contribution in [0.3, 0.4) is 0 Å². The van der Waals surface area contributed by atoms with Gasteiger partial charge in [0.1, 0.15) is 17.7 Å². The Morgan fingerprint density at radius 2 is 1.61 bits per heavy atom. The maximum atomic E-state index is 14.7. The highest BCUT2D eigenvalue weighted by Crippen LogP contribution is 2.40. The molecular formula is C25H22F2N2O2. The van der Waals surface area contributed by atoms with Crippen molar-refractivity contribution in [2.75, 3.05) is 0 Å². The first-order chi connectivity index (χ1) is 15.0. The molecule has 1 aliphatic carbocycles. The van der Waals surface area contributed by atoms with Crippen molar-refractivity contribution in [2.24, 2.45) is 5.73 Å². The average molecular weight is 420 g/mol. The molecule has 1 atom stereocenters. The minimum atomic E-state index is -1.18. The first-order valence-corrected chi connectivity index (χ1v) is 10.1. The van der Waals surface area contributed by atoms with Crippen LogP contribution in [0, 0.1) is 11.6 Å². The minimum absolute atomic E-state index is 0.205. The highest BCUT2D eigenvalue weighted by molar-refractivity contribution is 5.97. The number of carbonyl (C=O) groups is 2. The topological polar surface area (TPSA) is 63.4 Å².